The van der Waals surface area contributed by atoms with Crippen molar-refractivity contribution in [1.29, 1.82) is 0 Å². The summed E-state index contributed by atoms with van der Waals surface area (Å²) >= 11 is 2.92. The molecular weight excluding hydrogens is 1080 g/mol. The third kappa shape index (κ3) is 10.0. The van der Waals surface area contributed by atoms with Crippen molar-refractivity contribution in [3.63, 3.8) is 0 Å². The van der Waals surface area contributed by atoms with Gasteiger partial charge in [0.05, 0.1) is 14.9 Å². The molecule has 17 heteroatoms. The summed E-state index contributed by atoms with van der Waals surface area (Å²) < 4.78 is 37.1. The number of benzene rings is 1. The maximum Gasteiger partial charge on any atom is 0.269 e. The number of amides is 2. The zero-order valence-corrected chi connectivity index (χ0v) is 36.3. The molecule has 1 aromatic carbocycles. The smallest absolute Gasteiger partial charge is 0.269 e. The van der Waals surface area contributed by atoms with E-state index in [1.165, 1.54) is 47.1 Å². The largest absolute Gasteiger partial charge is 0.375 e. The monoisotopic (exact) mass is 1110 g/mol. The fraction of sp³-hybridized carbons (Fsp3) is 0.167. The van der Waals surface area contributed by atoms with Gasteiger partial charge in [-0.2, -0.15) is 0 Å². The maximum absolute atomic E-state index is 13.1. The molecule has 0 atom stereocenters. The van der Waals surface area contributed by atoms with Gasteiger partial charge in [-0.3, -0.25) is 9.59 Å². The molecular formula is C36H36N6O6S3W2. The number of hydrogen-bond donors (Lipinski definition) is 3. The minimum Gasteiger partial charge on any atom is -0.375 e. The van der Waals surface area contributed by atoms with E-state index < -0.39 is 10.0 Å². The second-order valence-corrected chi connectivity index (χ2v) is 14.9. The normalized spacial score (nSPS) is 10.7. The molecule has 0 aliphatic carbocycles. The van der Waals surface area contributed by atoms with Crippen LogP contribution in [0.4, 0.5) is 10.0 Å². The quantitative estimate of drug-likeness (QED) is 0.128. The average molecular weight is 1110 g/mol. The van der Waals surface area contributed by atoms with Gasteiger partial charge in [-0.1, -0.05) is 25.1 Å². The van der Waals surface area contributed by atoms with Gasteiger partial charge in [-0.05, 0) is 67.6 Å². The molecule has 0 bridgehead atoms. The number of ether oxygens (including phenoxy) is 2. The Morgan fingerprint density at radius 3 is 1.87 bits per heavy atom. The second kappa shape index (κ2) is 19.5. The van der Waals surface area contributed by atoms with Crippen LogP contribution in [0.2, 0.25) is 0 Å². The number of carbonyl (C=O) groups excluding carboxylic acids is 2. The summed E-state index contributed by atoms with van der Waals surface area (Å²) in [5.74, 6) is -0.386. The summed E-state index contributed by atoms with van der Waals surface area (Å²) in [6, 6.07) is 21.8. The van der Waals surface area contributed by atoms with Crippen LogP contribution in [0.5, 0.6) is 0 Å². The Bertz CT molecular complexity index is 2410. The van der Waals surface area contributed by atoms with Gasteiger partial charge >= 0.3 is 0 Å². The number of methoxy groups -OCH3 is 2. The van der Waals surface area contributed by atoms with Crippen LogP contribution < -0.4 is 10.6 Å². The van der Waals surface area contributed by atoms with E-state index in [9.17, 15) is 18.0 Å². The Labute approximate surface area is 343 Å². The van der Waals surface area contributed by atoms with Crippen LogP contribution in [0, 0.1) is 6.92 Å². The van der Waals surface area contributed by atoms with E-state index in [0.29, 0.717) is 16.0 Å². The maximum atomic E-state index is 13.1. The van der Waals surface area contributed by atoms with E-state index in [0.717, 1.165) is 42.5 Å². The van der Waals surface area contributed by atoms with Gasteiger partial charge in [-0.25, -0.2) is 22.4 Å². The molecule has 0 spiro atoms. The molecule has 6 aromatic heterocycles. The Balaban J connectivity index is 0.000000289. The zero-order valence-electron chi connectivity index (χ0n) is 28.0. The molecule has 0 saturated carbocycles. The van der Waals surface area contributed by atoms with Crippen LogP contribution in [-0.4, -0.2) is 66.6 Å². The van der Waals surface area contributed by atoms with E-state index in [2.05, 4.69) is 25.6 Å². The van der Waals surface area contributed by atoms with Crippen LogP contribution in [-0.2, 0) is 71.2 Å². The summed E-state index contributed by atoms with van der Waals surface area (Å²) in [5, 5.41) is 8.86. The average Bonchev–Trinajstić information content (AvgIpc) is 3.92. The van der Waals surface area contributed by atoms with E-state index in [-0.39, 0.29) is 79.5 Å². The molecule has 7 rings (SSSR count). The van der Waals surface area contributed by atoms with Crippen molar-refractivity contribution in [3.8, 4) is 20.9 Å². The number of thiophene rings is 2. The predicted molar refractivity (Wildman–Crippen MR) is 204 cm³/mol. The van der Waals surface area contributed by atoms with Crippen LogP contribution in [0.25, 0.3) is 42.9 Å². The third-order valence-corrected chi connectivity index (χ3v) is 11.2. The number of rotatable bonds is 10. The Morgan fingerprint density at radius 1 is 0.755 bits per heavy atom. The van der Waals surface area contributed by atoms with Crippen molar-refractivity contribution in [2.75, 3.05) is 38.1 Å². The molecule has 0 fully saturated rings. The number of aromatic nitrogens is 4. The summed E-state index contributed by atoms with van der Waals surface area (Å²) in [4.78, 5) is 37.1. The molecule has 0 aliphatic heterocycles. The molecule has 0 unspecified atom stereocenters. The van der Waals surface area contributed by atoms with Gasteiger partial charge in [0, 0.05) is 113 Å². The van der Waals surface area contributed by atoms with Gasteiger partial charge in [0.25, 0.3) is 21.8 Å². The number of carbonyl (C=O) groups is 2. The Hall–Kier alpha value is -3.81. The van der Waals surface area contributed by atoms with Crippen LogP contribution >= 0.6 is 22.7 Å². The van der Waals surface area contributed by atoms with Crippen molar-refractivity contribution >= 4 is 76.6 Å². The third-order valence-electron chi connectivity index (χ3n) is 7.41. The van der Waals surface area contributed by atoms with Crippen molar-refractivity contribution in [1.82, 2.24) is 18.9 Å². The van der Waals surface area contributed by atoms with Gasteiger partial charge < -0.3 is 25.1 Å². The molecule has 12 nitrogen and oxygen atoms in total. The Morgan fingerprint density at radius 2 is 1.30 bits per heavy atom. The topological polar surface area (TPSA) is 157 Å². The fourth-order valence-corrected chi connectivity index (χ4v) is 8.36. The molecule has 53 heavy (non-hydrogen) atoms. The fourth-order valence-electron chi connectivity index (χ4n) is 5.13. The summed E-state index contributed by atoms with van der Waals surface area (Å²) in [6.45, 7) is 1.94. The first-order chi connectivity index (χ1) is 24.2. The van der Waals surface area contributed by atoms with Gasteiger partial charge in [0.15, 0.2) is 5.65 Å². The number of aryl methyl sites for hydroxylation is 1. The van der Waals surface area contributed by atoms with E-state index in [4.69, 9.17) is 9.47 Å². The zero-order chi connectivity index (χ0) is 35.3. The number of nitrogens with one attached hydrogen (secondary N) is 3. The first-order valence-corrected chi connectivity index (χ1v) is 18.2. The first kappa shape index (κ1) is 43.6. The minimum atomic E-state index is -3.77. The van der Waals surface area contributed by atoms with E-state index >= 15 is 0 Å². The molecule has 276 valence electrons. The number of hydrogen-bond acceptors (Lipinski definition) is 10. The number of nitrogens with zero attached hydrogens (tertiary/aromatic N) is 3. The van der Waals surface area contributed by atoms with Crippen molar-refractivity contribution in [3.05, 3.63) is 103 Å². The molecule has 0 aliphatic rings. The van der Waals surface area contributed by atoms with Gasteiger partial charge in [0.2, 0.25) is 0 Å². The van der Waals surface area contributed by atoms with Gasteiger partial charge in [-0.15, -0.1) is 22.7 Å². The first-order valence-electron chi connectivity index (χ1n) is 15.2. The van der Waals surface area contributed by atoms with Crippen molar-refractivity contribution in [2.45, 2.75) is 19.2 Å². The molecule has 3 N–H and O–H groups in total. The van der Waals surface area contributed by atoms with Crippen LogP contribution in [0.3, 0.4) is 0 Å². The number of anilines is 2. The molecule has 0 radical (unpaired) electrons. The molecule has 7 aromatic rings. The number of fused-ring (bicyclic) bond motifs is 2. The molecule has 0 saturated heterocycles. The van der Waals surface area contributed by atoms with Crippen molar-refractivity contribution in [2.24, 2.45) is 0 Å². The number of pyridine rings is 2. The summed E-state index contributed by atoms with van der Waals surface area (Å²) in [5.41, 5.74) is 4.15. The Kier molecular flexibility index (Phi) is 16.0. The van der Waals surface area contributed by atoms with Crippen LogP contribution in [0.15, 0.2) is 102 Å². The van der Waals surface area contributed by atoms with Gasteiger partial charge in [0.1, 0.15) is 18.9 Å². The molecule has 6 heterocycles. The van der Waals surface area contributed by atoms with E-state index in [1.54, 1.807) is 48.8 Å². The number of aromatic amines is 1. The van der Waals surface area contributed by atoms with Crippen molar-refractivity contribution < 1.29 is 69.6 Å². The number of H-pyrrole nitrogens is 1. The summed E-state index contributed by atoms with van der Waals surface area (Å²) in [6.07, 6.45) is 6.75. The predicted octanol–water partition coefficient (Wildman–Crippen LogP) is 7.40. The minimum absolute atomic E-state index is 0. The molecule has 2 amide bonds. The second-order valence-electron chi connectivity index (χ2n) is 10.9. The summed E-state index contributed by atoms with van der Waals surface area (Å²) in [7, 11) is -0.808. The standard InChI is InChI=1S/C21H19N3O4S2.C14H13N3O2S.CH4.2W/c1-14-3-5-15(6-4-14)30(26,27)24-12-10-17-16(9-11-22-21(17)24)18-7-8-20(29-18)23-19(25)13-28-2;1-19-8-12(18)17-13-3-2-11(20-13)9-4-6-15-14-10(9)5-7-16-14;;;/h3-12H,13H2,1-2H3,(H,23,25);2-7H,8H2,1H3,(H,15,16)(H,17,18);1H4;;. The SMILES string of the molecule is C.COCC(=O)Nc1ccc(-c2ccnc3[nH]ccc23)s1.COCC(=O)Nc1ccc(-c2ccnc3c2ccn3S(=O)(=O)c2ccc(C)cc2)s1.[W].[W]. The van der Waals surface area contributed by atoms with Crippen LogP contribution in [0.1, 0.15) is 13.0 Å². The van der Waals surface area contributed by atoms with E-state index in [1.807, 2.05) is 49.5 Å².